The highest BCUT2D eigenvalue weighted by atomic mass is 16.4. The van der Waals surface area contributed by atoms with Crippen LogP contribution in [0.25, 0.3) is 0 Å². The van der Waals surface area contributed by atoms with E-state index in [9.17, 15) is 4.79 Å². The lowest BCUT2D eigenvalue weighted by atomic mass is 9.97. The van der Waals surface area contributed by atoms with Crippen molar-refractivity contribution in [2.75, 3.05) is 32.7 Å². The molecule has 1 aliphatic heterocycles. The highest BCUT2D eigenvalue weighted by Gasteiger charge is 2.23. The molecule has 1 aromatic rings. The van der Waals surface area contributed by atoms with Gasteiger partial charge in [0.25, 0.3) is 0 Å². The van der Waals surface area contributed by atoms with Gasteiger partial charge in [-0.15, -0.1) is 10.2 Å². The van der Waals surface area contributed by atoms with Crippen LogP contribution in [0.4, 0.5) is 0 Å². The van der Waals surface area contributed by atoms with Gasteiger partial charge in [-0.05, 0) is 0 Å². The average Bonchev–Trinajstić information content (AvgIpc) is 2.86. The van der Waals surface area contributed by atoms with E-state index in [2.05, 4.69) is 20.0 Å². The summed E-state index contributed by atoms with van der Waals surface area (Å²) in [6, 6.07) is 0. The molecule has 0 atom stereocenters. The fourth-order valence-electron chi connectivity index (χ4n) is 2.24. The molecule has 7 nitrogen and oxygen atoms in total. The first-order chi connectivity index (χ1) is 9.84. The van der Waals surface area contributed by atoms with Crippen molar-refractivity contribution in [1.82, 2.24) is 20.0 Å². The summed E-state index contributed by atoms with van der Waals surface area (Å²) in [5.74, 6) is 0.578. The number of aromatic nitrogens is 2. The smallest absolute Gasteiger partial charge is 0.304 e. The number of aliphatic carboxylic acids is 1. The van der Waals surface area contributed by atoms with Crippen LogP contribution >= 0.6 is 0 Å². The first kappa shape index (κ1) is 15.9. The van der Waals surface area contributed by atoms with Crippen molar-refractivity contribution in [1.29, 1.82) is 0 Å². The van der Waals surface area contributed by atoms with E-state index >= 15 is 0 Å². The number of hydrogen-bond donors (Lipinski definition) is 1. The molecule has 21 heavy (non-hydrogen) atoms. The predicted molar refractivity (Wildman–Crippen MR) is 77.0 cm³/mol. The Balaban J connectivity index is 1.78. The monoisotopic (exact) mass is 296 g/mol. The fourth-order valence-corrected chi connectivity index (χ4v) is 2.24. The summed E-state index contributed by atoms with van der Waals surface area (Å²) >= 11 is 0. The van der Waals surface area contributed by atoms with Crippen molar-refractivity contribution in [2.45, 2.75) is 39.2 Å². The van der Waals surface area contributed by atoms with Crippen molar-refractivity contribution < 1.29 is 14.3 Å². The Kier molecular flexibility index (Phi) is 4.95. The summed E-state index contributed by atoms with van der Waals surface area (Å²) < 4.78 is 5.70. The zero-order valence-electron chi connectivity index (χ0n) is 13.0. The number of carboxylic acid groups (broad SMARTS) is 1. The molecular formula is C14H24N4O3. The molecule has 2 rings (SSSR count). The number of hydrogen-bond acceptors (Lipinski definition) is 6. The van der Waals surface area contributed by atoms with Gasteiger partial charge in [-0.3, -0.25) is 9.69 Å². The molecule has 1 aliphatic rings. The van der Waals surface area contributed by atoms with Crippen LogP contribution in [0.5, 0.6) is 0 Å². The Morgan fingerprint density at radius 2 is 1.81 bits per heavy atom. The Hall–Kier alpha value is -1.47. The van der Waals surface area contributed by atoms with E-state index in [1.165, 1.54) is 0 Å². The third kappa shape index (κ3) is 4.78. The average molecular weight is 296 g/mol. The molecule has 0 aliphatic carbocycles. The third-order valence-electron chi connectivity index (χ3n) is 3.57. The van der Waals surface area contributed by atoms with Crippen molar-refractivity contribution in [2.24, 2.45) is 0 Å². The van der Waals surface area contributed by atoms with Gasteiger partial charge in [0.15, 0.2) is 0 Å². The Morgan fingerprint density at radius 3 is 2.33 bits per heavy atom. The maximum Gasteiger partial charge on any atom is 0.304 e. The highest BCUT2D eigenvalue weighted by molar-refractivity contribution is 5.66. The molecule has 1 fully saturated rings. The van der Waals surface area contributed by atoms with Crippen LogP contribution in [-0.4, -0.2) is 63.8 Å². The van der Waals surface area contributed by atoms with Crippen LogP contribution in [0.2, 0.25) is 0 Å². The molecule has 1 aromatic heterocycles. The van der Waals surface area contributed by atoms with E-state index in [0.717, 1.165) is 26.2 Å². The summed E-state index contributed by atoms with van der Waals surface area (Å²) in [5, 5.41) is 16.9. The quantitative estimate of drug-likeness (QED) is 0.866. The van der Waals surface area contributed by atoms with Crippen molar-refractivity contribution in [3.05, 3.63) is 11.8 Å². The van der Waals surface area contributed by atoms with Crippen LogP contribution in [0, 0.1) is 0 Å². The van der Waals surface area contributed by atoms with Crippen LogP contribution in [-0.2, 0) is 16.8 Å². The largest absolute Gasteiger partial charge is 0.481 e. The summed E-state index contributed by atoms with van der Waals surface area (Å²) in [6.07, 6.45) is 0.207. The van der Waals surface area contributed by atoms with E-state index in [0.29, 0.717) is 24.9 Å². The summed E-state index contributed by atoms with van der Waals surface area (Å²) in [4.78, 5) is 15.0. The van der Waals surface area contributed by atoms with E-state index in [4.69, 9.17) is 9.52 Å². The number of carbonyl (C=O) groups is 1. The molecule has 0 bridgehead atoms. The number of carboxylic acids is 1. The van der Waals surface area contributed by atoms with Gasteiger partial charge in [-0.1, -0.05) is 20.8 Å². The first-order valence-corrected chi connectivity index (χ1v) is 7.34. The minimum Gasteiger partial charge on any atom is -0.481 e. The van der Waals surface area contributed by atoms with E-state index in [1.807, 2.05) is 20.8 Å². The zero-order valence-corrected chi connectivity index (χ0v) is 13.0. The Morgan fingerprint density at radius 1 is 1.19 bits per heavy atom. The highest BCUT2D eigenvalue weighted by Crippen LogP contribution is 2.20. The standard InChI is InChI=1S/C14H24N4O3/c1-14(2,3)13-16-15-11(21-13)10-18-8-6-17(7-9-18)5-4-12(19)20/h4-10H2,1-3H3,(H,19,20). The molecule has 0 unspecified atom stereocenters. The molecule has 0 radical (unpaired) electrons. The Labute approximate surface area is 124 Å². The second-order valence-electron chi connectivity index (χ2n) is 6.51. The molecule has 118 valence electrons. The molecule has 0 spiro atoms. The van der Waals surface area contributed by atoms with Crippen LogP contribution in [0.15, 0.2) is 4.42 Å². The van der Waals surface area contributed by atoms with Crippen LogP contribution < -0.4 is 0 Å². The van der Waals surface area contributed by atoms with Gasteiger partial charge in [0.1, 0.15) is 0 Å². The minimum absolute atomic E-state index is 0.124. The molecule has 0 aromatic carbocycles. The number of nitrogens with zero attached hydrogens (tertiary/aromatic N) is 4. The van der Waals surface area contributed by atoms with Gasteiger partial charge < -0.3 is 14.4 Å². The minimum atomic E-state index is -0.738. The van der Waals surface area contributed by atoms with E-state index in [-0.39, 0.29) is 11.8 Å². The predicted octanol–water partition coefficient (Wildman–Crippen LogP) is 0.959. The lowest BCUT2D eigenvalue weighted by Gasteiger charge is -2.33. The normalized spacial score (nSPS) is 18.0. The molecule has 1 N–H and O–H groups in total. The molecule has 7 heteroatoms. The van der Waals surface area contributed by atoms with Gasteiger partial charge in [-0.2, -0.15) is 0 Å². The van der Waals surface area contributed by atoms with E-state index in [1.54, 1.807) is 0 Å². The third-order valence-corrected chi connectivity index (χ3v) is 3.57. The molecule has 0 saturated carbocycles. The lowest BCUT2D eigenvalue weighted by molar-refractivity contribution is -0.137. The topological polar surface area (TPSA) is 82.7 Å². The van der Waals surface area contributed by atoms with Gasteiger partial charge in [0.05, 0.1) is 13.0 Å². The van der Waals surface area contributed by atoms with Crippen LogP contribution in [0.1, 0.15) is 39.0 Å². The summed E-state index contributed by atoms with van der Waals surface area (Å²) in [7, 11) is 0. The summed E-state index contributed by atoms with van der Waals surface area (Å²) in [5.41, 5.74) is -0.124. The Bertz CT molecular complexity index is 473. The molecular weight excluding hydrogens is 272 g/mol. The van der Waals surface area contributed by atoms with Gasteiger partial charge in [0, 0.05) is 38.1 Å². The fraction of sp³-hybridized carbons (Fsp3) is 0.786. The second-order valence-corrected chi connectivity index (χ2v) is 6.51. The summed E-state index contributed by atoms with van der Waals surface area (Å²) in [6.45, 7) is 11.0. The van der Waals surface area contributed by atoms with Crippen molar-refractivity contribution >= 4 is 5.97 Å². The SMILES string of the molecule is CC(C)(C)c1nnc(CN2CCN(CCC(=O)O)CC2)o1. The molecule has 0 amide bonds. The van der Waals surface area contributed by atoms with Gasteiger partial charge >= 0.3 is 5.97 Å². The maximum absolute atomic E-state index is 10.6. The van der Waals surface area contributed by atoms with Crippen LogP contribution in [0.3, 0.4) is 0 Å². The van der Waals surface area contributed by atoms with Gasteiger partial charge in [0.2, 0.25) is 11.8 Å². The number of piperazine rings is 1. The number of rotatable bonds is 5. The first-order valence-electron chi connectivity index (χ1n) is 7.34. The van der Waals surface area contributed by atoms with Crippen molar-refractivity contribution in [3.8, 4) is 0 Å². The zero-order chi connectivity index (χ0) is 15.5. The molecule has 2 heterocycles. The van der Waals surface area contributed by atoms with Gasteiger partial charge in [-0.25, -0.2) is 0 Å². The molecule has 1 saturated heterocycles. The van der Waals surface area contributed by atoms with Crippen molar-refractivity contribution in [3.63, 3.8) is 0 Å². The maximum atomic E-state index is 10.6. The second kappa shape index (κ2) is 6.53. The lowest BCUT2D eigenvalue weighted by Crippen LogP contribution is -2.46. The van der Waals surface area contributed by atoms with E-state index < -0.39 is 5.97 Å².